The maximum absolute atomic E-state index is 12.0. The standard InChI is InChI=1S/C21H25NO4/c1-14(2)18-7-5-6-8-19(18)22-20(23)12-26-21(24)13-25-17-10-9-15(3)16(4)11-17/h5-11,14H,12-13H2,1-4H3,(H,22,23). The molecule has 5 nitrogen and oxygen atoms in total. The van der Waals surface area contributed by atoms with Crippen molar-refractivity contribution in [2.24, 2.45) is 0 Å². The summed E-state index contributed by atoms with van der Waals surface area (Å²) in [4.78, 5) is 23.8. The summed E-state index contributed by atoms with van der Waals surface area (Å²) < 4.78 is 10.4. The Morgan fingerprint density at radius 3 is 2.42 bits per heavy atom. The van der Waals surface area contributed by atoms with Crippen LogP contribution in [0.2, 0.25) is 0 Å². The first-order valence-electron chi connectivity index (χ1n) is 8.61. The number of benzene rings is 2. The zero-order valence-electron chi connectivity index (χ0n) is 15.7. The topological polar surface area (TPSA) is 64.6 Å². The van der Waals surface area contributed by atoms with E-state index in [0.717, 1.165) is 22.4 Å². The second kappa shape index (κ2) is 9.04. The van der Waals surface area contributed by atoms with E-state index in [1.54, 1.807) is 6.07 Å². The number of hydrogen-bond acceptors (Lipinski definition) is 4. The van der Waals surface area contributed by atoms with Gasteiger partial charge in [0.1, 0.15) is 5.75 Å². The second-order valence-electron chi connectivity index (χ2n) is 6.49. The average molecular weight is 355 g/mol. The third kappa shape index (κ3) is 5.62. The summed E-state index contributed by atoms with van der Waals surface area (Å²) in [7, 11) is 0. The Morgan fingerprint density at radius 1 is 1.00 bits per heavy atom. The molecule has 0 aliphatic rings. The normalized spacial score (nSPS) is 10.5. The van der Waals surface area contributed by atoms with Crippen LogP contribution in [0.3, 0.4) is 0 Å². The van der Waals surface area contributed by atoms with Crippen molar-refractivity contribution in [1.29, 1.82) is 0 Å². The Bertz CT molecular complexity index is 783. The van der Waals surface area contributed by atoms with Crippen molar-refractivity contribution >= 4 is 17.6 Å². The molecule has 2 aromatic carbocycles. The summed E-state index contributed by atoms with van der Waals surface area (Å²) in [6.07, 6.45) is 0. The molecule has 0 bridgehead atoms. The molecule has 0 fully saturated rings. The average Bonchev–Trinajstić information content (AvgIpc) is 2.61. The van der Waals surface area contributed by atoms with Crippen molar-refractivity contribution in [3.05, 3.63) is 59.2 Å². The molecular weight excluding hydrogens is 330 g/mol. The predicted molar refractivity (Wildman–Crippen MR) is 102 cm³/mol. The summed E-state index contributed by atoms with van der Waals surface area (Å²) in [5.74, 6) is -0.0890. The van der Waals surface area contributed by atoms with E-state index < -0.39 is 5.97 Å². The molecule has 0 spiro atoms. The Kier molecular flexibility index (Phi) is 6.78. The molecule has 0 radical (unpaired) electrons. The minimum Gasteiger partial charge on any atom is -0.482 e. The van der Waals surface area contributed by atoms with Crippen LogP contribution in [0.1, 0.15) is 36.5 Å². The minimum absolute atomic E-state index is 0.238. The zero-order valence-corrected chi connectivity index (χ0v) is 15.7. The maximum Gasteiger partial charge on any atom is 0.344 e. The van der Waals surface area contributed by atoms with Crippen molar-refractivity contribution in [3.8, 4) is 5.75 Å². The van der Waals surface area contributed by atoms with Gasteiger partial charge in [0.05, 0.1) is 0 Å². The van der Waals surface area contributed by atoms with Crippen LogP contribution < -0.4 is 10.1 Å². The van der Waals surface area contributed by atoms with Crippen molar-refractivity contribution in [2.45, 2.75) is 33.6 Å². The molecule has 2 aromatic rings. The fraction of sp³-hybridized carbons (Fsp3) is 0.333. The lowest BCUT2D eigenvalue weighted by molar-refractivity contribution is -0.149. The van der Waals surface area contributed by atoms with E-state index in [0.29, 0.717) is 5.75 Å². The van der Waals surface area contributed by atoms with Crippen molar-refractivity contribution in [1.82, 2.24) is 0 Å². The van der Waals surface area contributed by atoms with Gasteiger partial charge in [-0.2, -0.15) is 0 Å². The lowest BCUT2D eigenvalue weighted by Crippen LogP contribution is -2.24. The molecule has 2 rings (SSSR count). The third-order valence-corrected chi connectivity index (χ3v) is 4.06. The number of nitrogens with one attached hydrogen (secondary N) is 1. The number of carbonyl (C=O) groups excluding carboxylic acids is 2. The number of esters is 1. The SMILES string of the molecule is Cc1ccc(OCC(=O)OCC(=O)Nc2ccccc2C(C)C)cc1C. The number of carbonyl (C=O) groups is 2. The van der Waals surface area contributed by atoms with Gasteiger partial charge in [0.25, 0.3) is 5.91 Å². The summed E-state index contributed by atoms with van der Waals surface area (Å²) >= 11 is 0. The molecule has 0 heterocycles. The van der Waals surface area contributed by atoms with E-state index >= 15 is 0 Å². The highest BCUT2D eigenvalue weighted by Gasteiger charge is 2.12. The number of aryl methyl sites for hydroxylation is 2. The maximum atomic E-state index is 12.0. The molecule has 138 valence electrons. The highest BCUT2D eigenvalue weighted by Crippen LogP contribution is 2.23. The monoisotopic (exact) mass is 355 g/mol. The van der Waals surface area contributed by atoms with Gasteiger partial charge in [-0.3, -0.25) is 4.79 Å². The van der Waals surface area contributed by atoms with E-state index in [1.165, 1.54) is 0 Å². The Balaban J connectivity index is 1.80. The quantitative estimate of drug-likeness (QED) is 0.763. The van der Waals surface area contributed by atoms with Gasteiger partial charge < -0.3 is 14.8 Å². The van der Waals surface area contributed by atoms with Gasteiger partial charge in [-0.25, -0.2) is 4.79 Å². The molecule has 26 heavy (non-hydrogen) atoms. The van der Waals surface area contributed by atoms with E-state index in [2.05, 4.69) is 19.2 Å². The third-order valence-electron chi connectivity index (χ3n) is 4.06. The summed E-state index contributed by atoms with van der Waals surface area (Å²) in [6, 6.07) is 13.2. The number of ether oxygens (including phenoxy) is 2. The molecule has 0 aromatic heterocycles. The Hall–Kier alpha value is -2.82. The number of amides is 1. The molecule has 0 aliphatic heterocycles. The first-order valence-corrected chi connectivity index (χ1v) is 8.61. The van der Waals surface area contributed by atoms with Gasteiger partial charge in [-0.15, -0.1) is 0 Å². The largest absolute Gasteiger partial charge is 0.482 e. The highest BCUT2D eigenvalue weighted by atomic mass is 16.6. The summed E-state index contributed by atoms with van der Waals surface area (Å²) in [5, 5.41) is 2.78. The van der Waals surface area contributed by atoms with Crippen LogP contribution in [0.15, 0.2) is 42.5 Å². The summed E-state index contributed by atoms with van der Waals surface area (Å²) in [6.45, 7) is 7.49. The molecular formula is C21H25NO4. The number of rotatable bonds is 7. The first kappa shape index (κ1) is 19.5. The first-order chi connectivity index (χ1) is 12.4. The van der Waals surface area contributed by atoms with Gasteiger partial charge >= 0.3 is 5.97 Å². The van der Waals surface area contributed by atoms with Crippen LogP contribution in [0, 0.1) is 13.8 Å². The molecule has 5 heteroatoms. The van der Waals surface area contributed by atoms with Crippen LogP contribution in [-0.4, -0.2) is 25.1 Å². The highest BCUT2D eigenvalue weighted by molar-refractivity contribution is 5.93. The number of anilines is 1. The van der Waals surface area contributed by atoms with Gasteiger partial charge in [-0.1, -0.05) is 38.1 Å². The van der Waals surface area contributed by atoms with E-state index in [1.807, 2.05) is 50.2 Å². The number of hydrogen-bond donors (Lipinski definition) is 1. The zero-order chi connectivity index (χ0) is 19.1. The Labute approximate surface area is 154 Å². The van der Waals surface area contributed by atoms with E-state index in [-0.39, 0.29) is 25.0 Å². The molecule has 1 amide bonds. The fourth-order valence-electron chi connectivity index (χ4n) is 2.43. The second-order valence-corrected chi connectivity index (χ2v) is 6.49. The lowest BCUT2D eigenvalue weighted by atomic mass is 10.0. The summed E-state index contributed by atoms with van der Waals surface area (Å²) in [5.41, 5.74) is 4.00. The molecule has 1 N–H and O–H groups in total. The minimum atomic E-state index is -0.587. The van der Waals surface area contributed by atoms with Gasteiger partial charge in [0, 0.05) is 5.69 Å². The van der Waals surface area contributed by atoms with Crippen LogP contribution >= 0.6 is 0 Å². The molecule has 0 atom stereocenters. The van der Waals surface area contributed by atoms with Crippen molar-refractivity contribution < 1.29 is 19.1 Å². The van der Waals surface area contributed by atoms with Crippen LogP contribution in [0.5, 0.6) is 5.75 Å². The fourth-order valence-corrected chi connectivity index (χ4v) is 2.43. The van der Waals surface area contributed by atoms with E-state index in [9.17, 15) is 9.59 Å². The smallest absolute Gasteiger partial charge is 0.344 e. The van der Waals surface area contributed by atoms with Crippen molar-refractivity contribution in [2.75, 3.05) is 18.5 Å². The molecule has 0 saturated carbocycles. The van der Waals surface area contributed by atoms with Crippen LogP contribution in [0.25, 0.3) is 0 Å². The number of para-hydroxylation sites is 1. The Morgan fingerprint density at radius 2 is 1.73 bits per heavy atom. The van der Waals surface area contributed by atoms with Gasteiger partial charge in [0.2, 0.25) is 0 Å². The molecule has 0 aliphatic carbocycles. The van der Waals surface area contributed by atoms with E-state index in [4.69, 9.17) is 9.47 Å². The van der Waals surface area contributed by atoms with Gasteiger partial charge in [-0.05, 0) is 54.7 Å². The molecule has 0 saturated heterocycles. The van der Waals surface area contributed by atoms with Crippen LogP contribution in [0.4, 0.5) is 5.69 Å². The lowest BCUT2D eigenvalue weighted by Gasteiger charge is -2.13. The molecule has 0 unspecified atom stereocenters. The van der Waals surface area contributed by atoms with Gasteiger partial charge in [0.15, 0.2) is 13.2 Å². The predicted octanol–water partition coefficient (Wildman–Crippen LogP) is 3.99. The van der Waals surface area contributed by atoms with Crippen LogP contribution in [-0.2, 0) is 14.3 Å². The van der Waals surface area contributed by atoms with Crippen molar-refractivity contribution in [3.63, 3.8) is 0 Å².